The maximum Gasteiger partial charge on any atom is 0.241 e. The second kappa shape index (κ2) is 10.5. The summed E-state index contributed by atoms with van der Waals surface area (Å²) in [6, 6.07) is 33.5. The number of pyridine rings is 1. The van der Waals surface area contributed by atoms with Gasteiger partial charge in [-0.25, -0.2) is 4.98 Å². The average Bonchev–Trinajstić information content (AvgIpc) is 3.65. The van der Waals surface area contributed by atoms with Crippen molar-refractivity contribution in [3.63, 3.8) is 0 Å². The van der Waals surface area contributed by atoms with E-state index in [0.29, 0.717) is 15.9 Å². The lowest BCUT2D eigenvalue weighted by Crippen LogP contribution is -2.30. The molecule has 4 aromatic carbocycles. The average molecular weight is 570 g/mol. The van der Waals surface area contributed by atoms with Gasteiger partial charge >= 0.3 is 0 Å². The van der Waals surface area contributed by atoms with Gasteiger partial charge in [-0.15, -0.1) is 11.3 Å². The van der Waals surface area contributed by atoms with Crippen LogP contribution in [0.4, 0.5) is 11.6 Å². The first kappa shape index (κ1) is 25.4. The zero-order chi connectivity index (χ0) is 28.6. The van der Waals surface area contributed by atoms with Crippen LogP contribution < -0.4 is 15.2 Å². The van der Waals surface area contributed by atoms with E-state index in [-0.39, 0.29) is 10.8 Å². The third-order valence-corrected chi connectivity index (χ3v) is 8.13. The third-order valence-electron chi connectivity index (χ3n) is 7.05. The lowest BCUT2D eigenvalue weighted by molar-refractivity contribution is -0.670. The van der Waals surface area contributed by atoms with Crippen molar-refractivity contribution in [1.82, 2.24) is 10.3 Å². The van der Waals surface area contributed by atoms with Crippen LogP contribution in [0, 0.1) is 0 Å². The number of ether oxygens (including phenoxy) is 1. The topological polar surface area (TPSA) is 109 Å². The molecule has 9 heteroatoms. The van der Waals surface area contributed by atoms with Crippen LogP contribution in [0.3, 0.4) is 0 Å². The van der Waals surface area contributed by atoms with Gasteiger partial charge in [0.05, 0.1) is 23.4 Å². The van der Waals surface area contributed by atoms with Gasteiger partial charge in [0.15, 0.2) is 0 Å². The Morgan fingerprint density at radius 3 is 2.50 bits per heavy atom. The molecule has 0 aliphatic heterocycles. The summed E-state index contributed by atoms with van der Waals surface area (Å²) in [5.74, 6) is 0.283. The molecule has 0 saturated heterocycles. The second-order valence-corrected chi connectivity index (χ2v) is 10.6. The summed E-state index contributed by atoms with van der Waals surface area (Å²) in [6.45, 7) is 0. The number of fused-ring (bicyclic) bond motifs is 2. The molecule has 3 heterocycles. The van der Waals surface area contributed by atoms with Crippen molar-refractivity contribution in [3.8, 4) is 33.8 Å². The van der Waals surface area contributed by atoms with E-state index >= 15 is 0 Å². The van der Waals surface area contributed by atoms with Crippen molar-refractivity contribution in [2.75, 3.05) is 12.8 Å². The van der Waals surface area contributed by atoms with Crippen LogP contribution >= 0.6 is 11.3 Å². The zero-order valence-corrected chi connectivity index (χ0v) is 23.2. The number of rotatable bonds is 6. The number of nitrogens with zero attached hydrogens (tertiary/aromatic N) is 4. The van der Waals surface area contributed by atoms with Crippen LogP contribution in [0.1, 0.15) is 9.67 Å². The quantitative estimate of drug-likeness (QED) is 0.208. The molecule has 0 bridgehead atoms. The van der Waals surface area contributed by atoms with E-state index in [4.69, 9.17) is 20.0 Å². The Labute approximate surface area is 244 Å². The largest absolute Gasteiger partial charge is 0.583 e. The number of hydrogen-bond acceptors (Lipinski definition) is 7. The van der Waals surface area contributed by atoms with E-state index in [0.717, 1.165) is 44.6 Å². The number of thiophene rings is 1. The number of carbonyl (C=O) groups is 1. The monoisotopic (exact) mass is 569 g/mol. The fourth-order valence-corrected chi connectivity index (χ4v) is 6.01. The van der Waals surface area contributed by atoms with Crippen LogP contribution in [0.25, 0.3) is 54.4 Å². The molecule has 8 nitrogen and oxygen atoms in total. The Hall–Kier alpha value is -5.54. The van der Waals surface area contributed by atoms with Gasteiger partial charge in [-0.3, -0.25) is 0 Å². The molecule has 0 atom stereocenters. The van der Waals surface area contributed by atoms with Gasteiger partial charge < -0.3 is 25.1 Å². The molecular formula is C33H23N5O3S. The fourth-order valence-electron chi connectivity index (χ4n) is 5.00. The normalized spacial score (nSPS) is 11.2. The van der Waals surface area contributed by atoms with Crippen LogP contribution in [-0.4, -0.2) is 23.3 Å². The van der Waals surface area contributed by atoms with E-state index in [2.05, 4.69) is 34.9 Å². The Balaban J connectivity index is 1.34. The first-order valence-corrected chi connectivity index (χ1v) is 14.0. The first-order chi connectivity index (χ1) is 20.6. The van der Waals surface area contributed by atoms with Crippen molar-refractivity contribution >= 4 is 49.8 Å². The molecule has 0 radical (unpaired) electrons. The van der Waals surface area contributed by atoms with Crippen molar-refractivity contribution in [2.45, 2.75) is 0 Å². The highest BCUT2D eigenvalue weighted by molar-refractivity contribution is 7.21. The standard InChI is InChI=1S/C33H23N5O3S/c1-40-23-16-14-21(15-17-23)26-18-27(25-13-7-9-20-8-5-6-12-24(20)25)35-33-29(26)30(34)31(42-33)32(39)36-28-19-38(37-41-28)22-10-3-2-4-11-22/h2-19H,1H3,(H2-,34,36,37,39). The highest BCUT2D eigenvalue weighted by Gasteiger charge is 2.20. The summed E-state index contributed by atoms with van der Waals surface area (Å²) < 4.78 is 12.2. The Kier molecular flexibility index (Phi) is 6.33. The molecule has 204 valence electrons. The minimum Gasteiger partial charge on any atom is -0.583 e. The number of para-hydroxylation sites is 1. The molecular weight excluding hydrogens is 546 g/mol. The molecule has 3 aromatic heterocycles. The lowest BCUT2D eigenvalue weighted by atomic mass is 9.97. The molecule has 0 fully saturated rings. The van der Waals surface area contributed by atoms with Gasteiger partial charge in [0.1, 0.15) is 22.4 Å². The van der Waals surface area contributed by atoms with Gasteiger partial charge in [-0.2, -0.15) is 0 Å². The zero-order valence-electron chi connectivity index (χ0n) is 22.4. The Morgan fingerprint density at radius 2 is 1.69 bits per heavy atom. The molecule has 7 aromatic rings. The molecule has 0 aliphatic rings. The highest BCUT2D eigenvalue weighted by atomic mass is 32.1. The summed E-state index contributed by atoms with van der Waals surface area (Å²) in [4.78, 5) is 19.4. The maximum absolute atomic E-state index is 13.4. The summed E-state index contributed by atoms with van der Waals surface area (Å²) >= 11 is 1.21. The molecule has 42 heavy (non-hydrogen) atoms. The number of nitrogen functional groups attached to an aromatic ring is 1. The molecule has 2 N–H and O–H groups in total. The number of methoxy groups -OCH3 is 1. The number of aromatic nitrogens is 3. The van der Waals surface area contributed by atoms with Crippen molar-refractivity contribution < 1.29 is 18.7 Å². The lowest BCUT2D eigenvalue weighted by Gasteiger charge is -2.12. The molecule has 0 aliphatic carbocycles. The number of carbonyl (C=O) groups excluding carboxylic acids is 1. The molecule has 7 rings (SSSR count). The Bertz CT molecular complexity index is 2080. The molecule has 0 saturated carbocycles. The van der Waals surface area contributed by atoms with Gasteiger partial charge in [0, 0.05) is 23.1 Å². The third kappa shape index (κ3) is 4.51. The van der Waals surface area contributed by atoms with Crippen molar-refractivity contribution in [2.24, 2.45) is 0 Å². The van der Waals surface area contributed by atoms with Gasteiger partial charge in [0.2, 0.25) is 17.2 Å². The molecule has 0 unspecified atom stereocenters. The van der Waals surface area contributed by atoms with Gasteiger partial charge in [0.25, 0.3) is 0 Å². The predicted molar refractivity (Wildman–Crippen MR) is 164 cm³/mol. The number of nitrogens with two attached hydrogens (primary N) is 1. The predicted octanol–water partition coefficient (Wildman–Crippen LogP) is 7.48. The van der Waals surface area contributed by atoms with Crippen molar-refractivity contribution in [3.05, 3.63) is 120 Å². The summed E-state index contributed by atoms with van der Waals surface area (Å²) in [5.41, 5.74) is 11.3. The highest BCUT2D eigenvalue weighted by Crippen LogP contribution is 2.43. The van der Waals surface area contributed by atoms with Crippen LogP contribution in [-0.2, 0) is 0 Å². The minimum atomic E-state index is -0.528. The molecule has 1 amide bonds. The first-order valence-electron chi connectivity index (χ1n) is 13.1. The maximum atomic E-state index is 13.4. The van der Waals surface area contributed by atoms with Gasteiger partial charge in [-0.05, 0) is 44.8 Å². The molecule has 0 spiro atoms. The van der Waals surface area contributed by atoms with E-state index in [1.165, 1.54) is 16.0 Å². The number of anilines is 1. The Morgan fingerprint density at radius 1 is 0.929 bits per heavy atom. The smallest absolute Gasteiger partial charge is 0.241 e. The summed E-state index contributed by atoms with van der Waals surface area (Å²) in [5, 5.41) is 11.1. The number of benzene rings is 4. The summed E-state index contributed by atoms with van der Waals surface area (Å²) in [7, 11) is 1.63. The van der Waals surface area contributed by atoms with E-state index < -0.39 is 5.91 Å². The van der Waals surface area contributed by atoms with E-state index in [9.17, 15) is 4.79 Å². The van der Waals surface area contributed by atoms with Crippen molar-refractivity contribution in [1.29, 1.82) is 0 Å². The second-order valence-electron chi connectivity index (χ2n) is 9.57. The SMILES string of the molecule is COc1ccc(-c2cc(-c3cccc4ccccc34)nc3sc(C(=O)[N-]c4c[n+](-c5ccccc5)no4)c(N)c23)cc1. The van der Waals surface area contributed by atoms with Gasteiger partial charge in [-0.1, -0.05) is 72.8 Å². The van der Waals surface area contributed by atoms with Crippen LogP contribution in [0.5, 0.6) is 5.75 Å². The summed E-state index contributed by atoms with van der Waals surface area (Å²) in [6.07, 6.45) is 1.55. The number of amides is 1. The number of hydrogen-bond donors (Lipinski definition) is 1. The van der Waals surface area contributed by atoms with Crippen LogP contribution in [0.2, 0.25) is 0 Å². The fraction of sp³-hybridized carbons (Fsp3) is 0.0303. The van der Waals surface area contributed by atoms with Crippen LogP contribution in [0.15, 0.2) is 114 Å². The minimum absolute atomic E-state index is 0.0699. The van der Waals surface area contributed by atoms with E-state index in [1.54, 1.807) is 13.3 Å². The van der Waals surface area contributed by atoms with E-state index in [1.807, 2.05) is 78.9 Å².